The Hall–Kier alpha value is -0.760. The zero-order valence-electron chi connectivity index (χ0n) is 11.0. The Morgan fingerprint density at radius 1 is 1.29 bits per heavy atom. The minimum atomic E-state index is 0.380. The van der Waals surface area contributed by atoms with Gasteiger partial charge in [0.25, 0.3) is 0 Å². The molecule has 0 unspecified atom stereocenters. The van der Waals surface area contributed by atoms with Crippen LogP contribution in [0.3, 0.4) is 0 Å². The van der Waals surface area contributed by atoms with Gasteiger partial charge in [-0.2, -0.15) is 0 Å². The number of rotatable bonds is 7. The summed E-state index contributed by atoms with van der Waals surface area (Å²) < 4.78 is 0. The van der Waals surface area contributed by atoms with Crippen LogP contribution in [-0.4, -0.2) is 11.5 Å². The van der Waals surface area contributed by atoms with Gasteiger partial charge >= 0.3 is 0 Å². The molecule has 1 aromatic carbocycles. The summed E-state index contributed by atoms with van der Waals surface area (Å²) in [7, 11) is 0. The van der Waals surface area contributed by atoms with E-state index in [-0.39, 0.29) is 0 Å². The first kappa shape index (κ1) is 14.3. The van der Waals surface area contributed by atoms with Crippen molar-refractivity contribution in [1.29, 1.82) is 0 Å². The molecule has 0 saturated heterocycles. The zero-order valence-corrected chi connectivity index (χ0v) is 11.8. The molecule has 0 saturated carbocycles. The highest BCUT2D eigenvalue weighted by Crippen LogP contribution is 2.21. The minimum absolute atomic E-state index is 0.380. The van der Waals surface area contributed by atoms with E-state index in [0.717, 1.165) is 19.3 Å². The van der Waals surface area contributed by atoms with Crippen LogP contribution in [0.4, 0.5) is 0 Å². The lowest BCUT2D eigenvalue weighted by Gasteiger charge is -2.10. The second-order valence-corrected chi connectivity index (χ2v) is 5.58. The van der Waals surface area contributed by atoms with Crippen LogP contribution in [0, 0.1) is 12.8 Å². The molecule has 0 aliphatic rings. The molecule has 0 aromatic heterocycles. The van der Waals surface area contributed by atoms with E-state index >= 15 is 0 Å². The molecule has 1 aromatic rings. The number of Topliss-reactive ketones (excluding diaryl/α,β-unsaturated/α-hetero) is 1. The van der Waals surface area contributed by atoms with Crippen molar-refractivity contribution in [3.05, 3.63) is 29.8 Å². The molecule has 0 heterocycles. The van der Waals surface area contributed by atoms with Gasteiger partial charge in [-0.25, -0.2) is 0 Å². The Kier molecular flexibility index (Phi) is 6.35. The summed E-state index contributed by atoms with van der Waals surface area (Å²) >= 11 is 1.66. The van der Waals surface area contributed by atoms with Gasteiger partial charge in [0.2, 0.25) is 0 Å². The molecule has 2 heteroatoms. The van der Waals surface area contributed by atoms with Gasteiger partial charge in [-0.15, -0.1) is 11.8 Å². The molecule has 0 spiro atoms. The molecule has 0 bridgehead atoms. The third-order valence-corrected chi connectivity index (χ3v) is 4.11. The summed E-state index contributed by atoms with van der Waals surface area (Å²) in [4.78, 5) is 13.0. The first-order valence-electron chi connectivity index (χ1n) is 6.36. The third-order valence-electron chi connectivity index (χ3n) is 3.06. The molecule has 0 aliphatic heterocycles. The van der Waals surface area contributed by atoms with Crippen LogP contribution < -0.4 is 0 Å². The minimum Gasteiger partial charge on any atom is -0.299 e. The summed E-state index contributed by atoms with van der Waals surface area (Å²) in [6, 6.07) is 8.33. The number of aryl methyl sites for hydroxylation is 1. The van der Waals surface area contributed by atoms with Crippen LogP contribution in [0.15, 0.2) is 29.2 Å². The molecule has 94 valence electrons. The first-order valence-corrected chi connectivity index (χ1v) is 7.35. The number of ketones is 1. The lowest BCUT2D eigenvalue weighted by atomic mass is 9.98. The average Bonchev–Trinajstić information content (AvgIpc) is 2.33. The molecule has 1 rings (SSSR count). The van der Waals surface area contributed by atoms with Crippen LogP contribution in [0.25, 0.3) is 0 Å². The Balaban J connectivity index is 2.38. The van der Waals surface area contributed by atoms with Crippen molar-refractivity contribution >= 4 is 17.5 Å². The van der Waals surface area contributed by atoms with Crippen molar-refractivity contribution in [2.24, 2.45) is 5.92 Å². The lowest BCUT2D eigenvalue weighted by molar-refractivity contribution is -0.117. The van der Waals surface area contributed by atoms with Crippen molar-refractivity contribution in [3.8, 4) is 0 Å². The SMILES string of the molecule is CCC(CC)CC(=O)CSc1cccc(C)c1. The fourth-order valence-electron chi connectivity index (χ4n) is 1.83. The van der Waals surface area contributed by atoms with Crippen molar-refractivity contribution < 1.29 is 4.79 Å². The van der Waals surface area contributed by atoms with Crippen molar-refractivity contribution in [3.63, 3.8) is 0 Å². The molecular formula is C15H22OS. The molecule has 0 fully saturated rings. The topological polar surface area (TPSA) is 17.1 Å². The maximum absolute atomic E-state index is 11.8. The van der Waals surface area contributed by atoms with Gasteiger partial charge in [-0.05, 0) is 25.0 Å². The van der Waals surface area contributed by atoms with Gasteiger partial charge in [0.05, 0.1) is 5.75 Å². The monoisotopic (exact) mass is 250 g/mol. The number of carbonyl (C=O) groups is 1. The molecule has 0 aliphatic carbocycles. The fourth-order valence-corrected chi connectivity index (χ4v) is 2.72. The number of hydrogen-bond donors (Lipinski definition) is 0. The third kappa shape index (κ3) is 5.40. The molecule has 1 nitrogen and oxygen atoms in total. The zero-order chi connectivity index (χ0) is 12.7. The van der Waals surface area contributed by atoms with E-state index in [2.05, 4.69) is 39.0 Å². The molecule has 0 N–H and O–H groups in total. The Labute approximate surface area is 109 Å². The van der Waals surface area contributed by atoms with E-state index in [0.29, 0.717) is 17.5 Å². The molecule has 0 radical (unpaired) electrons. The predicted octanol–water partition coefficient (Wildman–Crippen LogP) is 4.48. The Morgan fingerprint density at radius 3 is 2.59 bits per heavy atom. The average molecular weight is 250 g/mol. The maximum atomic E-state index is 11.8. The Morgan fingerprint density at radius 2 is 2.00 bits per heavy atom. The van der Waals surface area contributed by atoms with Gasteiger partial charge in [0.1, 0.15) is 5.78 Å². The quantitative estimate of drug-likeness (QED) is 0.664. The summed E-state index contributed by atoms with van der Waals surface area (Å²) in [6.07, 6.45) is 2.96. The summed E-state index contributed by atoms with van der Waals surface area (Å²) in [5.74, 6) is 1.56. The molecular weight excluding hydrogens is 228 g/mol. The molecule has 17 heavy (non-hydrogen) atoms. The summed E-state index contributed by atoms with van der Waals surface area (Å²) in [5, 5.41) is 0. The van der Waals surface area contributed by atoms with Gasteiger partial charge in [-0.1, -0.05) is 44.4 Å². The van der Waals surface area contributed by atoms with Crippen molar-refractivity contribution in [1.82, 2.24) is 0 Å². The normalized spacial score (nSPS) is 10.8. The second kappa shape index (κ2) is 7.54. The van der Waals surface area contributed by atoms with Crippen LogP contribution in [0.2, 0.25) is 0 Å². The number of carbonyl (C=O) groups excluding carboxylic acids is 1. The number of hydrogen-bond acceptors (Lipinski definition) is 2. The highest BCUT2D eigenvalue weighted by molar-refractivity contribution is 8.00. The predicted molar refractivity (Wildman–Crippen MR) is 75.6 cm³/mol. The molecule has 0 amide bonds. The largest absolute Gasteiger partial charge is 0.299 e. The van der Waals surface area contributed by atoms with Gasteiger partial charge in [-0.3, -0.25) is 4.79 Å². The van der Waals surface area contributed by atoms with Crippen molar-refractivity contribution in [2.75, 3.05) is 5.75 Å². The lowest BCUT2D eigenvalue weighted by Crippen LogP contribution is -2.09. The molecule has 0 atom stereocenters. The van der Waals surface area contributed by atoms with E-state index in [1.807, 2.05) is 6.07 Å². The van der Waals surface area contributed by atoms with Crippen LogP contribution in [-0.2, 0) is 4.79 Å². The highest BCUT2D eigenvalue weighted by Gasteiger charge is 2.10. The summed E-state index contributed by atoms with van der Waals surface area (Å²) in [5.41, 5.74) is 1.25. The first-order chi connectivity index (χ1) is 8.15. The van der Waals surface area contributed by atoms with Crippen molar-refractivity contribution in [2.45, 2.75) is 44.9 Å². The van der Waals surface area contributed by atoms with Crippen LogP contribution in [0.1, 0.15) is 38.7 Å². The number of benzene rings is 1. The van der Waals surface area contributed by atoms with Gasteiger partial charge < -0.3 is 0 Å². The van der Waals surface area contributed by atoms with Crippen LogP contribution in [0.5, 0.6) is 0 Å². The second-order valence-electron chi connectivity index (χ2n) is 4.53. The van der Waals surface area contributed by atoms with E-state index in [4.69, 9.17) is 0 Å². The maximum Gasteiger partial charge on any atom is 0.143 e. The fraction of sp³-hybridized carbons (Fsp3) is 0.533. The van der Waals surface area contributed by atoms with E-state index in [9.17, 15) is 4.79 Å². The van der Waals surface area contributed by atoms with E-state index < -0.39 is 0 Å². The number of thioether (sulfide) groups is 1. The van der Waals surface area contributed by atoms with Gasteiger partial charge in [0, 0.05) is 11.3 Å². The smallest absolute Gasteiger partial charge is 0.143 e. The standard InChI is InChI=1S/C15H22OS/c1-4-13(5-2)10-14(16)11-17-15-8-6-7-12(3)9-15/h6-9,13H,4-5,10-11H2,1-3H3. The van der Waals surface area contributed by atoms with Crippen LogP contribution >= 0.6 is 11.8 Å². The van der Waals surface area contributed by atoms with E-state index in [1.165, 1.54) is 10.5 Å². The Bertz CT molecular complexity index is 356. The highest BCUT2D eigenvalue weighted by atomic mass is 32.2. The van der Waals surface area contributed by atoms with Gasteiger partial charge in [0.15, 0.2) is 0 Å². The van der Waals surface area contributed by atoms with E-state index in [1.54, 1.807) is 11.8 Å². The summed E-state index contributed by atoms with van der Waals surface area (Å²) in [6.45, 7) is 6.40.